The number of carbonyl (C=O) groups is 2. The molecule has 0 aliphatic heterocycles. The van der Waals surface area contributed by atoms with E-state index in [2.05, 4.69) is 16.0 Å². The molecular formula is C16H26ClN3O2S. The molecule has 7 heteroatoms. The zero-order valence-corrected chi connectivity index (χ0v) is 15.3. The van der Waals surface area contributed by atoms with Crippen LogP contribution in [-0.4, -0.2) is 50.0 Å². The summed E-state index contributed by atoms with van der Waals surface area (Å²) >= 11 is 1.66. The van der Waals surface area contributed by atoms with Crippen LogP contribution in [0.25, 0.3) is 0 Å². The SMILES string of the molecule is CNCCCNC(=O)C(CCSC)NC(=O)c1ccccc1.Cl. The number of amides is 2. The molecule has 0 bridgehead atoms. The average Bonchev–Trinajstić information content (AvgIpc) is 2.55. The number of benzene rings is 1. The second kappa shape index (κ2) is 13.2. The van der Waals surface area contributed by atoms with Gasteiger partial charge in [-0.3, -0.25) is 9.59 Å². The van der Waals surface area contributed by atoms with Crippen LogP contribution in [0.3, 0.4) is 0 Å². The van der Waals surface area contributed by atoms with E-state index in [1.807, 2.05) is 31.5 Å². The molecule has 23 heavy (non-hydrogen) atoms. The highest BCUT2D eigenvalue weighted by atomic mass is 35.5. The van der Waals surface area contributed by atoms with Crippen LogP contribution >= 0.6 is 24.2 Å². The Kier molecular flexibility index (Phi) is 12.5. The van der Waals surface area contributed by atoms with Gasteiger partial charge in [0.1, 0.15) is 6.04 Å². The maximum Gasteiger partial charge on any atom is 0.251 e. The third-order valence-corrected chi connectivity index (χ3v) is 3.82. The number of rotatable bonds is 10. The first kappa shape index (κ1) is 21.8. The Morgan fingerprint density at radius 1 is 1.17 bits per heavy atom. The number of thioether (sulfide) groups is 1. The first-order chi connectivity index (χ1) is 10.7. The van der Waals surface area contributed by atoms with Crippen molar-refractivity contribution < 1.29 is 9.59 Å². The van der Waals surface area contributed by atoms with E-state index in [1.54, 1.807) is 23.9 Å². The highest BCUT2D eigenvalue weighted by Gasteiger charge is 2.20. The summed E-state index contributed by atoms with van der Waals surface area (Å²) in [6.07, 6.45) is 3.47. The number of halogens is 1. The third-order valence-electron chi connectivity index (χ3n) is 3.17. The second-order valence-corrected chi connectivity index (χ2v) is 5.91. The molecule has 1 rings (SSSR count). The molecule has 5 nitrogen and oxygen atoms in total. The summed E-state index contributed by atoms with van der Waals surface area (Å²) in [6, 6.07) is 8.47. The highest BCUT2D eigenvalue weighted by molar-refractivity contribution is 7.98. The first-order valence-corrected chi connectivity index (χ1v) is 8.85. The maximum atomic E-state index is 12.2. The van der Waals surface area contributed by atoms with Crippen LogP contribution in [0.4, 0.5) is 0 Å². The summed E-state index contributed by atoms with van der Waals surface area (Å²) in [5.74, 6) is 0.496. The maximum absolute atomic E-state index is 12.2. The van der Waals surface area contributed by atoms with E-state index in [-0.39, 0.29) is 24.2 Å². The molecule has 1 aromatic carbocycles. The summed E-state index contributed by atoms with van der Waals surface area (Å²) in [5.41, 5.74) is 0.569. The Morgan fingerprint density at radius 3 is 2.48 bits per heavy atom. The topological polar surface area (TPSA) is 70.2 Å². The van der Waals surface area contributed by atoms with Crippen LogP contribution in [0.5, 0.6) is 0 Å². The fourth-order valence-corrected chi connectivity index (χ4v) is 2.41. The number of hydrogen-bond acceptors (Lipinski definition) is 4. The van der Waals surface area contributed by atoms with Crippen molar-refractivity contribution in [2.45, 2.75) is 18.9 Å². The van der Waals surface area contributed by atoms with Crippen molar-refractivity contribution in [1.29, 1.82) is 0 Å². The lowest BCUT2D eigenvalue weighted by Crippen LogP contribution is -2.47. The lowest BCUT2D eigenvalue weighted by atomic mass is 10.1. The van der Waals surface area contributed by atoms with Crippen LogP contribution < -0.4 is 16.0 Å². The van der Waals surface area contributed by atoms with Gasteiger partial charge in [0, 0.05) is 12.1 Å². The quantitative estimate of drug-likeness (QED) is 0.556. The lowest BCUT2D eigenvalue weighted by Gasteiger charge is -2.18. The Bertz CT molecular complexity index is 460. The number of hydrogen-bond donors (Lipinski definition) is 3. The van der Waals surface area contributed by atoms with Crippen molar-refractivity contribution >= 4 is 36.0 Å². The molecule has 1 unspecified atom stereocenters. The Labute approximate surface area is 148 Å². The normalized spacial score (nSPS) is 11.2. The van der Waals surface area contributed by atoms with Crippen molar-refractivity contribution in [3.8, 4) is 0 Å². The Hall–Kier alpha value is -1.24. The Balaban J connectivity index is 0.00000484. The molecular weight excluding hydrogens is 334 g/mol. The van der Waals surface area contributed by atoms with E-state index >= 15 is 0 Å². The molecule has 130 valence electrons. The fraction of sp³-hybridized carbons (Fsp3) is 0.500. The molecule has 0 spiro atoms. The molecule has 1 atom stereocenters. The largest absolute Gasteiger partial charge is 0.354 e. The summed E-state index contributed by atoms with van der Waals surface area (Å²) < 4.78 is 0. The van der Waals surface area contributed by atoms with Gasteiger partial charge in [-0.15, -0.1) is 12.4 Å². The van der Waals surface area contributed by atoms with Crippen LogP contribution in [0, 0.1) is 0 Å². The molecule has 0 aliphatic carbocycles. The predicted octanol–water partition coefficient (Wildman–Crippen LogP) is 1.69. The van der Waals surface area contributed by atoms with Crippen molar-refractivity contribution in [2.75, 3.05) is 32.1 Å². The molecule has 0 radical (unpaired) electrons. The van der Waals surface area contributed by atoms with Gasteiger partial charge in [0.25, 0.3) is 5.91 Å². The van der Waals surface area contributed by atoms with Gasteiger partial charge in [-0.25, -0.2) is 0 Å². The van der Waals surface area contributed by atoms with Gasteiger partial charge in [0.05, 0.1) is 0 Å². The van der Waals surface area contributed by atoms with Gasteiger partial charge in [0.15, 0.2) is 0 Å². The summed E-state index contributed by atoms with van der Waals surface area (Å²) in [4.78, 5) is 24.4. The zero-order valence-electron chi connectivity index (χ0n) is 13.6. The van der Waals surface area contributed by atoms with E-state index in [9.17, 15) is 9.59 Å². The minimum Gasteiger partial charge on any atom is -0.354 e. The predicted molar refractivity (Wildman–Crippen MR) is 99.5 cm³/mol. The van der Waals surface area contributed by atoms with E-state index in [4.69, 9.17) is 0 Å². The second-order valence-electron chi connectivity index (χ2n) is 4.92. The van der Waals surface area contributed by atoms with E-state index in [0.717, 1.165) is 18.7 Å². The number of nitrogens with one attached hydrogen (secondary N) is 3. The summed E-state index contributed by atoms with van der Waals surface area (Å²) in [6.45, 7) is 1.46. The van der Waals surface area contributed by atoms with Crippen LogP contribution in [0.1, 0.15) is 23.2 Å². The summed E-state index contributed by atoms with van der Waals surface area (Å²) in [7, 11) is 1.88. The molecule has 0 aromatic heterocycles. The average molecular weight is 360 g/mol. The summed E-state index contributed by atoms with van der Waals surface area (Å²) in [5, 5.41) is 8.74. The fourth-order valence-electron chi connectivity index (χ4n) is 1.94. The van der Waals surface area contributed by atoms with E-state index in [0.29, 0.717) is 18.5 Å². The molecule has 0 saturated carbocycles. The lowest BCUT2D eigenvalue weighted by molar-refractivity contribution is -0.123. The van der Waals surface area contributed by atoms with Gasteiger partial charge >= 0.3 is 0 Å². The third kappa shape index (κ3) is 8.83. The van der Waals surface area contributed by atoms with Crippen molar-refractivity contribution in [1.82, 2.24) is 16.0 Å². The van der Waals surface area contributed by atoms with Crippen molar-refractivity contribution in [3.63, 3.8) is 0 Å². The zero-order chi connectivity index (χ0) is 16.2. The van der Waals surface area contributed by atoms with E-state index < -0.39 is 6.04 Å². The molecule has 1 aromatic rings. The van der Waals surface area contributed by atoms with Crippen molar-refractivity contribution in [3.05, 3.63) is 35.9 Å². The molecule has 0 heterocycles. The van der Waals surface area contributed by atoms with Crippen LogP contribution in [0.15, 0.2) is 30.3 Å². The van der Waals surface area contributed by atoms with Crippen LogP contribution in [-0.2, 0) is 4.79 Å². The molecule has 0 saturated heterocycles. The van der Waals surface area contributed by atoms with Crippen LogP contribution in [0.2, 0.25) is 0 Å². The van der Waals surface area contributed by atoms with E-state index in [1.165, 1.54) is 0 Å². The monoisotopic (exact) mass is 359 g/mol. The standard InChI is InChI=1S/C16H25N3O2S.ClH/c1-17-10-6-11-18-16(21)14(9-12-22-2)19-15(20)13-7-4-3-5-8-13;/h3-5,7-8,14,17H,6,9-12H2,1-2H3,(H,18,21)(H,19,20);1H. The van der Waals surface area contributed by atoms with Crippen molar-refractivity contribution in [2.24, 2.45) is 0 Å². The van der Waals surface area contributed by atoms with Gasteiger partial charge in [0.2, 0.25) is 5.91 Å². The smallest absolute Gasteiger partial charge is 0.251 e. The highest BCUT2D eigenvalue weighted by Crippen LogP contribution is 2.04. The number of carbonyl (C=O) groups excluding carboxylic acids is 2. The Morgan fingerprint density at radius 2 is 1.87 bits per heavy atom. The first-order valence-electron chi connectivity index (χ1n) is 7.46. The van der Waals surface area contributed by atoms with Gasteiger partial charge in [-0.2, -0.15) is 11.8 Å². The molecule has 3 N–H and O–H groups in total. The molecule has 0 aliphatic rings. The van der Waals surface area contributed by atoms with Gasteiger partial charge < -0.3 is 16.0 Å². The van der Waals surface area contributed by atoms with Gasteiger partial charge in [-0.1, -0.05) is 18.2 Å². The molecule has 0 fully saturated rings. The molecule has 2 amide bonds. The van der Waals surface area contributed by atoms with Gasteiger partial charge in [-0.05, 0) is 50.6 Å². The minimum absolute atomic E-state index is 0. The minimum atomic E-state index is -0.491.